The van der Waals surface area contributed by atoms with Crippen LogP contribution in [0.1, 0.15) is 52.6 Å². The summed E-state index contributed by atoms with van der Waals surface area (Å²) in [6.45, 7) is 0. The van der Waals surface area contributed by atoms with E-state index in [0.717, 1.165) is 5.56 Å². The molecule has 6 rings (SSSR count). The van der Waals surface area contributed by atoms with Crippen LogP contribution in [0.25, 0.3) is 12.2 Å². The first-order valence-corrected chi connectivity index (χ1v) is 16.3. The zero-order valence-corrected chi connectivity index (χ0v) is 27.7. The average molecular weight is 687 g/mol. The molecule has 0 aliphatic rings. The highest BCUT2D eigenvalue weighted by molar-refractivity contribution is 6.10. The first kappa shape index (κ1) is 34.7. The number of carbonyl (C=O) groups is 4. The Morgan fingerprint density at radius 2 is 0.981 bits per heavy atom. The molecule has 52 heavy (non-hydrogen) atoms. The summed E-state index contributed by atoms with van der Waals surface area (Å²) in [4.78, 5) is 51.5. The maximum absolute atomic E-state index is 13.2. The second-order valence-electron chi connectivity index (χ2n) is 11.6. The van der Waals surface area contributed by atoms with Crippen molar-refractivity contribution in [2.45, 2.75) is 0 Å². The molecule has 0 aliphatic heterocycles. The average Bonchev–Trinajstić information content (AvgIpc) is 3.17. The maximum Gasteiger partial charge on any atom is 0.255 e. The molecule has 254 valence electrons. The van der Waals surface area contributed by atoms with Crippen LogP contribution in [-0.4, -0.2) is 23.4 Å². The van der Waals surface area contributed by atoms with E-state index >= 15 is 0 Å². The molecule has 8 heteroatoms. The molecule has 0 atom stereocenters. The Bertz CT molecular complexity index is 2300. The van der Waals surface area contributed by atoms with Crippen LogP contribution in [0.2, 0.25) is 0 Å². The summed E-state index contributed by atoms with van der Waals surface area (Å²) in [5.74, 6) is -0.714. The Morgan fingerprint density at radius 3 is 1.58 bits per heavy atom. The number of allylic oxidation sites excluding steroid dienone is 2. The van der Waals surface area contributed by atoms with Crippen LogP contribution >= 0.6 is 0 Å². The monoisotopic (exact) mass is 686 g/mol. The van der Waals surface area contributed by atoms with Crippen molar-refractivity contribution in [3.63, 3.8) is 0 Å². The van der Waals surface area contributed by atoms with Gasteiger partial charge in [0.2, 0.25) is 0 Å². The number of anilines is 2. The molecule has 0 radical (unpaired) electrons. The van der Waals surface area contributed by atoms with E-state index in [4.69, 9.17) is 4.74 Å². The molecule has 0 saturated carbocycles. The molecule has 7 nitrogen and oxygen atoms in total. The molecular formula is C44H31FN2O5. The van der Waals surface area contributed by atoms with E-state index in [1.54, 1.807) is 121 Å². The largest absolute Gasteiger partial charge is 0.457 e. The standard InChI is InChI=1S/C44H31FN2O5/c45-36-21-15-31(16-22-36)18-26-42(49)34-10-5-13-38(28-34)47-44(51)35-11-6-14-40(29-35)52-39-23-19-32(20-24-39)43(50)46-37-12-4-9-33(27-37)41(48)25-17-30-7-2-1-3-8-30/h1-29H,(H,46,50)(H,47,51)/b25-17+,26-18+. The lowest BCUT2D eigenvalue weighted by atomic mass is 10.1. The Kier molecular flexibility index (Phi) is 11.0. The van der Waals surface area contributed by atoms with Crippen molar-refractivity contribution in [2.24, 2.45) is 0 Å². The Morgan fingerprint density at radius 1 is 0.462 bits per heavy atom. The second-order valence-corrected chi connectivity index (χ2v) is 11.6. The molecule has 6 aromatic carbocycles. The minimum absolute atomic E-state index is 0.183. The molecule has 0 fully saturated rings. The van der Waals surface area contributed by atoms with Gasteiger partial charge >= 0.3 is 0 Å². The van der Waals surface area contributed by atoms with Crippen LogP contribution in [0.5, 0.6) is 11.5 Å². The summed E-state index contributed by atoms with van der Waals surface area (Å²) in [5, 5.41) is 5.63. The van der Waals surface area contributed by atoms with Crippen molar-refractivity contribution in [1.29, 1.82) is 0 Å². The highest BCUT2D eigenvalue weighted by atomic mass is 19.1. The summed E-state index contributed by atoms with van der Waals surface area (Å²) in [6, 6.07) is 41.7. The van der Waals surface area contributed by atoms with Crippen LogP contribution in [0.3, 0.4) is 0 Å². The lowest BCUT2D eigenvalue weighted by Crippen LogP contribution is -2.12. The number of hydrogen-bond donors (Lipinski definition) is 2. The van der Waals surface area contributed by atoms with Gasteiger partial charge in [0.25, 0.3) is 11.8 Å². The zero-order valence-electron chi connectivity index (χ0n) is 27.7. The van der Waals surface area contributed by atoms with E-state index in [9.17, 15) is 23.6 Å². The fraction of sp³-hybridized carbons (Fsp3) is 0. The first-order valence-electron chi connectivity index (χ1n) is 16.3. The third-order valence-electron chi connectivity index (χ3n) is 7.78. The van der Waals surface area contributed by atoms with E-state index in [2.05, 4.69) is 10.6 Å². The van der Waals surface area contributed by atoms with Crippen molar-refractivity contribution in [2.75, 3.05) is 10.6 Å². The smallest absolute Gasteiger partial charge is 0.255 e. The number of rotatable bonds is 12. The van der Waals surface area contributed by atoms with E-state index in [1.807, 2.05) is 30.3 Å². The van der Waals surface area contributed by atoms with Crippen LogP contribution in [-0.2, 0) is 0 Å². The third kappa shape index (κ3) is 9.49. The molecule has 0 aromatic heterocycles. The van der Waals surface area contributed by atoms with Gasteiger partial charge in [-0.15, -0.1) is 0 Å². The van der Waals surface area contributed by atoms with Crippen molar-refractivity contribution in [3.05, 3.63) is 203 Å². The molecular weight excluding hydrogens is 655 g/mol. The first-order chi connectivity index (χ1) is 25.3. The molecule has 6 aromatic rings. The summed E-state index contributed by atoms with van der Waals surface area (Å²) in [6.07, 6.45) is 6.23. The maximum atomic E-state index is 13.2. The van der Waals surface area contributed by atoms with Crippen LogP contribution < -0.4 is 15.4 Å². The van der Waals surface area contributed by atoms with Crippen molar-refractivity contribution in [1.82, 2.24) is 0 Å². The van der Waals surface area contributed by atoms with Gasteiger partial charge in [-0.25, -0.2) is 4.39 Å². The molecule has 2 N–H and O–H groups in total. The SMILES string of the molecule is O=C(/C=C/c1ccccc1)c1cccc(NC(=O)c2ccc(Oc3cccc(C(=O)Nc4cccc(C(=O)/C=C/c5ccc(F)cc5)c4)c3)cc2)c1. The number of carbonyl (C=O) groups excluding carboxylic acids is 4. The number of amides is 2. The predicted octanol–water partition coefficient (Wildman–Crippen LogP) is 9.91. The van der Waals surface area contributed by atoms with Crippen LogP contribution in [0.15, 0.2) is 164 Å². The van der Waals surface area contributed by atoms with Gasteiger partial charge in [-0.05, 0) is 102 Å². The molecule has 0 unspecified atom stereocenters. The molecule has 2 amide bonds. The second kappa shape index (κ2) is 16.5. The lowest BCUT2D eigenvalue weighted by molar-refractivity contribution is 0.101. The summed E-state index contributed by atoms with van der Waals surface area (Å²) < 4.78 is 19.1. The molecule has 0 bridgehead atoms. The van der Waals surface area contributed by atoms with Crippen molar-refractivity contribution >= 4 is 46.9 Å². The number of ketones is 2. The van der Waals surface area contributed by atoms with Crippen molar-refractivity contribution < 1.29 is 28.3 Å². The number of halogens is 1. The van der Waals surface area contributed by atoms with Gasteiger partial charge in [0.15, 0.2) is 11.6 Å². The molecule has 0 spiro atoms. The number of hydrogen-bond acceptors (Lipinski definition) is 5. The summed E-state index contributed by atoms with van der Waals surface area (Å²) in [7, 11) is 0. The van der Waals surface area contributed by atoms with Gasteiger partial charge in [0, 0.05) is 33.6 Å². The molecule has 0 aliphatic carbocycles. The van der Waals surface area contributed by atoms with Crippen molar-refractivity contribution in [3.8, 4) is 11.5 Å². The predicted molar refractivity (Wildman–Crippen MR) is 201 cm³/mol. The minimum Gasteiger partial charge on any atom is -0.457 e. The Hall–Kier alpha value is -7.19. The zero-order chi connectivity index (χ0) is 36.3. The van der Waals surface area contributed by atoms with Gasteiger partial charge in [0.1, 0.15) is 17.3 Å². The molecule has 0 heterocycles. The minimum atomic E-state index is -0.401. The fourth-order valence-electron chi connectivity index (χ4n) is 5.09. The summed E-state index contributed by atoms with van der Waals surface area (Å²) >= 11 is 0. The van der Waals surface area contributed by atoms with E-state index in [1.165, 1.54) is 24.3 Å². The Labute approximate surface area is 299 Å². The summed E-state index contributed by atoms with van der Waals surface area (Å²) in [5.41, 5.74) is 4.05. The van der Waals surface area contributed by atoms with Crippen LogP contribution in [0, 0.1) is 5.82 Å². The lowest BCUT2D eigenvalue weighted by Gasteiger charge is -2.10. The fourth-order valence-corrected chi connectivity index (χ4v) is 5.09. The normalized spacial score (nSPS) is 10.9. The number of nitrogens with one attached hydrogen (secondary N) is 2. The van der Waals surface area contributed by atoms with Gasteiger partial charge in [0.05, 0.1) is 0 Å². The van der Waals surface area contributed by atoms with Gasteiger partial charge in [-0.2, -0.15) is 0 Å². The quantitative estimate of drug-likeness (QED) is 0.0986. The van der Waals surface area contributed by atoms with E-state index in [0.29, 0.717) is 50.7 Å². The third-order valence-corrected chi connectivity index (χ3v) is 7.78. The highest BCUT2D eigenvalue weighted by Crippen LogP contribution is 2.24. The Balaban J connectivity index is 1.04. The highest BCUT2D eigenvalue weighted by Gasteiger charge is 2.12. The molecule has 0 saturated heterocycles. The van der Waals surface area contributed by atoms with E-state index < -0.39 is 5.91 Å². The number of benzene rings is 6. The number of ether oxygens (including phenoxy) is 1. The topological polar surface area (TPSA) is 102 Å². The van der Waals surface area contributed by atoms with Gasteiger partial charge < -0.3 is 15.4 Å². The van der Waals surface area contributed by atoms with E-state index in [-0.39, 0.29) is 23.3 Å². The van der Waals surface area contributed by atoms with Crippen LogP contribution in [0.4, 0.5) is 15.8 Å². The van der Waals surface area contributed by atoms with Gasteiger partial charge in [-0.1, -0.05) is 84.9 Å². The van der Waals surface area contributed by atoms with Gasteiger partial charge in [-0.3, -0.25) is 19.2 Å².